The Labute approximate surface area is 160 Å². The summed E-state index contributed by atoms with van der Waals surface area (Å²) < 4.78 is 35.8. The summed E-state index contributed by atoms with van der Waals surface area (Å²) in [6.07, 6.45) is 3.44. The maximum Gasteiger partial charge on any atom is 0.285 e. The SMILES string of the molecule is CCCc1c(CCC)c2ccccc2oc1=NS(=O)(=O)c1ccc(C)cc1. The van der Waals surface area contributed by atoms with Crippen LogP contribution in [0.25, 0.3) is 11.0 Å². The molecule has 3 rings (SSSR count). The predicted molar refractivity (Wildman–Crippen MR) is 108 cm³/mol. The van der Waals surface area contributed by atoms with Gasteiger partial charge in [0.2, 0.25) is 5.55 Å². The van der Waals surface area contributed by atoms with Gasteiger partial charge in [0.1, 0.15) is 5.58 Å². The molecule has 27 heavy (non-hydrogen) atoms. The first-order chi connectivity index (χ1) is 13.0. The standard InChI is InChI=1S/C22H25NO3S/c1-4-8-18-19-10-6-7-11-21(19)26-22(20(18)9-5-2)23-27(24,25)17-14-12-16(3)13-15-17/h6-7,10-15H,4-5,8-9H2,1-3H3. The molecule has 4 nitrogen and oxygen atoms in total. The largest absolute Gasteiger partial charge is 0.437 e. The van der Waals surface area contributed by atoms with Gasteiger partial charge in [-0.15, -0.1) is 4.40 Å². The third-order valence-corrected chi connectivity index (χ3v) is 5.84. The van der Waals surface area contributed by atoms with Gasteiger partial charge in [0.05, 0.1) is 4.90 Å². The zero-order valence-electron chi connectivity index (χ0n) is 16.0. The van der Waals surface area contributed by atoms with Crippen LogP contribution in [-0.2, 0) is 22.9 Å². The number of hydrogen-bond donors (Lipinski definition) is 0. The summed E-state index contributed by atoms with van der Waals surface area (Å²) >= 11 is 0. The molecule has 0 saturated carbocycles. The minimum absolute atomic E-state index is 0.177. The Morgan fingerprint density at radius 3 is 2.19 bits per heavy atom. The molecule has 0 aliphatic rings. The van der Waals surface area contributed by atoms with Crippen molar-refractivity contribution in [1.29, 1.82) is 0 Å². The molecule has 1 heterocycles. The van der Waals surface area contributed by atoms with Crippen molar-refractivity contribution in [2.45, 2.75) is 51.3 Å². The van der Waals surface area contributed by atoms with E-state index in [0.29, 0.717) is 5.58 Å². The Bertz CT molecular complexity index is 1110. The molecule has 0 N–H and O–H groups in total. The second-order valence-corrected chi connectivity index (χ2v) is 8.34. The number of nitrogens with zero attached hydrogens (tertiary/aromatic N) is 1. The second kappa shape index (κ2) is 8.09. The van der Waals surface area contributed by atoms with Gasteiger partial charge in [-0.25, -0.2) is 0 Å². The number of fused-ring (bicyclic) bond motifs is 1. The van der Waals surface area contributed by atoms with Crippen LogP contribution < -0.4 is 5.55 Å². The van der Waals surface area contributed by atoms with Crippen molar-refractivity contribution in [1.82, 2.24) is 0 Å². The van der Waals surface area contributed by atoms with E-state index in [9.17, 15) is 8.42 Å². The van der Waals surface area contributed by atoms with E-state index in [1.807, 2.05) is 31.2 Å². The molecule has 0 amide bonds. The van der Waals surface area contributed by atoms with Gasteiger partial charge >= 0.3 is 0 Å². The van der Waals surface area contributed by atoms with E-state index in [0.717, 1.165) is 47.8 Å². The maximum atomic E-state index is 12.8. The highest BCUT2D eigenvalue weighted by Crippen LogP contribution is 2.23. The van der Waals surface area contributed by atoms with Crippen LogP contribution in [0.1, 0.15) is 43.4 Å². The van der Waals surface area contributed by atoms with E-state index in [-0.39, 0.29) is 10.4 Å². The summed E-state index contributed by atoms with van der Waals surface area (Å²) in [5, 5.41) is 1.04. The van der Waals surface area contributed by atoms with Crippen LogP contribution in [0.3, 0.4) is 0 Å². The smallest absolute Gasteiger partial charge is 0.285 e. The molecule has 0 saturated heterocycles. The van der Waals surface area contributed by atoms with Gasteiger partial charge in [-0.05, 0) is 43.5 Å². The summed E-state index contributed by atoms with van der Waals surface area (Å²) in [4.78, 5) is 0.177. The Morgan fingerprint density at radius 1 is 0.889 bits per heavy atom. The zero-order chi connectivity index (χ0) is 19.4. The summed E-state index contributed by atoms with van der Waals surface area (Å²) in [7, 11) is -3.84. The first kappa shape index (κ1) is 19.4. The van der Waals surface area contributed by atoms with Gasteiger partial charge in [-0.1, -0.05) is 62.6 Å². The molecule has 142 valence electrons. The number of benzene rings is 2. The van der Waals surface area contributed by atoms with Gasteiger partial charge in [0, 0.05) is 10.9 Å². The summed E-state index contributed by atoms with van der Waals surface area (Å²) in [6, 6.07) is 14.5. The average Bonchev–Trinajstić information content (AvgIpc) is 2.64. The molecule has 3 aromatic rings. The van der Waals surface area contributed by atoms with Crippen molar-refractivity contribution in [3.63, 3.8) is 0 Å². The van der Waals surface area contributed by atoms with Crippen LogP contribution in [0.5, 0.6) is 0 Å². The van der Waals surface area contributed by atoms with E-state index in [1.54, 1.807) is 24.3 Å². The van der Waals surface area contributed by atoms with E-state index in [4.69, 9.17) is 4.42 Å². The Kier molecular flexibility index (Phi) is 5.80. The lowest BCUT2D eigenvalue weighted by molar-refractivity contribution is 0.526. The highest BCUT2D eigenvalue weighted by Gasteiger charge is 2.17. The lowest BCUT2D eigenvalue weighted by Crippen LogP contribution is -2.16. The lowest BCUT2D eigenvalue weighted by atomic mass is 9.97. The molecule has 0 fully saturated rings. The quantitative estimate of drug-likeness (QED) is 0.606. The van der Waals surface area contributed by atoms with Gasteiger partial charge in [-0.2, -0.15) is 8.42 Å². The number of hydrogen-bond acceptors (Lipinski definition) is 3. The average molecular weight is 384 g/mol. The first-order valence-corrected chi connectivity index (χ1v) is 10.8. The summed E-state index contributed by atoms with van der Waals surface area (Å²) in [5.41, 5.74) is 3.91. The second-order valence-electron chi connectivity index (χ2n) is 6.74. The molecule has 0 spiro atoms. The molecular weight excluding hydrogens is 358 g/mol. The molecular formula is C22H25NO3S. The summed E-state index contributed by atoms with van der Waals surface area (Å²) in [5.74, 6) is 0. The fraction of sp³-hybridized carbons (Fsp3) is 0.318. The number of aryl methyl sites for hydroxylation is 2. The van der Waals surface area contributed by atoms with E-state index in [2.05, 4.69) is 18.2 Å². The van der Waals surface area contributed by atoms with Crippen molar-refractivity contribution in [2.75, 3.05) is 0 Å². The van der Waals surface area contributed by atoms with Crippen LogP contribution in [-0.4, -0.2) is 8.42 Å². The highest BCUT2D eigenvalue weighted by molar-refractivity contribution is 7.90. The van der Waals surface area contributed by atoms with Gasteiger partial charge in [-0.3, -0.25) is 0 Å². The van der Waals surface area contributed by atoms with Crippen molar-refractivity contribution >= 4 is 21.0 Å². The molecule has 0 atom stereocenters. The van der Waals surface area contributed by atoms with Crippen molar-refractivity contribution < 1.29 is 12.8 Å². The number of sulfonamides is 1. The fourth-order valence-corrected chi connectivity index (χ4v) is 4.20. The van der Waals surface area contributed by atoms with Crippen LogP contribution in [0, 0.1) is 6.92 Å². The maximum absolute atomic E-state index is 12.8. The number of rotatable bonds is 6. The van der Waals surface area contributed by atoms with Crippen molar-refractivity contribution in [2.24, 2.45) is 4.40 Å². The Morgan fingerprint density at radius 2 is 1.52 bits per heavy atom. The van der Waals surface area contributed by atoms with Gasteiger partial charge in [0.15, 0.2) is 0 Å². The Hall–Kier alpha value is -2.40. The van der Waals surface area contributed by atoms with Crippen molar-refractivity contribution in [3.05, 3.63) is 70.8 Å². The summed E-state index contributed by atoms with van der Waals surface area (Å²) in [6.45, 7) is 6.11. The minimum Gasteiger partial charge on any atom is -0.437 e. The van der Waals surface area contributed by atoms with Crippen LogP contribution >= 0.6 is 0 Å². The van der Waals surface area contributed by atoms with Gasteiger partial charge < -0.3 is 4.42 Å². The molecule has 0 radical (unpaired) electrons. The van der Waals surface area contributed by atoms with E-state index in [1.165, 1.54) is 0 Å². The monoisotopic (exact) mass is 383 g/mol. The Balaban J connectivity index is 2.30. The van der Waals surface area contributed by atoms with E-state index < -0.39 is 10.0 Å². The topological polar surface area (TPSA) is 59.6 Å². The van der Waals surface area contributed by atoms with Crippen molar-refractivity contribution in [3.8, 4) is 0 Å². The minimum atomic E-state index is -3.84. The van der Waals surface area contributed by atoms with E-state index >= 15 is 0 Å². The highest BCUT2D eigenvalue weighted by atomic mass is 32.2. The molecule has 2 aromatic carbocycles. The van der Waals surface area contributed by atoms with Crippen LogP contribution in [0.2, 0.25) is 0 Å². The molecule has 0 aliphatic heterocycles. The van der Waals surface area contributed by atoms with Gasteiger partial charge in [0.25, 0.3) is 10.0 Å². The molecule has 5 heteroatoms. The van der Waals surface area contributed by atoms with Crippen LogP contribution in [0.4, 0.5) is 0 Å². The first-order valence-electron chi connectivity index (χ1n) is 9.37. The predicted octanol–water partition coefficient (Wildman–Crippen LogP) is 4.94. The molecule has 0 unspecified atom stereocenters. The molecule has 0 aliphatic carbocycles. The van der Waals surface area contributed by atoms with Crippen LogP contribution in [0.15, 0.2) is 62.2 Å². The number of para-hydroxylation sites is 1. The third kappa shape index (κ3) is 4.14. The lowest BCUT2D eigenvalue weighted by Gasteiger charge is -2.12. The molecule has 1 aromatic heterocycles. The molecule has 0 bridgehead atoms. The zero-order valence-corrected chi connectivity index (χ0v) is 16.8. The fourth-order valence-electron chi connectivity index (χ4n) is 3.25. The normalized spacial score (nSPS) is 12.6. The third-order valence-electron chi connectivity index (χ3n) is 4.56.